The lowest BCUT2D eigenvalue weighted by Gasteiger charge is -2.28. The summed E-state index contributed by atoms with van der Waals surface area (Å²) in [4.78, 5) is 29.5. The van der Waals surface area contributed by atoms with E-state index < -0.39 is 0 Å². The summed E-state index contributed by atoms with van der Waals surface area (Å²) in [5.41, 5.74) is 4.87. The first-order valence-electron chi connectivity index (χ1n) is 12.0. The smallest absolute Gasteiger partial charge is 0.251 e. The van der Waals surface area contributed by atoms with Gasteiger partial charge in [-0.2, -0.15) is 0 Å². The summed E-state index contributed by atoms with van der Waals surface area (Å²) in [6, 6.07) is 23.4. The molecule has 0 radical (unpaired) electrons. The number of nitrogens with zero attached hydrogens (tertiary/aromatic N) is 2. The number of hydrogen-bond acceptors (Lipinski definition) is 5. The molecule has 2 fully saturated rings. The van der Waals surface area contributed by atoms with E-state index in [2.05, 4.69) is 34.5 Å². The Balaban J connectivity index is 1.18. The van der Waals surface area contributed by atoms with Gasteiger partial charge in [-0.05, 0) is 53.1 Å². The van der Waals surface area contributed by atoms with Gasteiger partial charge in [-0.1, -0.05) is 48.0 Å². The van der Waals surface area contributed by atoms with E-state index in [0.717, 1.165) is 43.0 Å². The van der Waals surface area contributed by atoms with Crippen molar-refractivity contribution in [1.29, 1.82) is 0 Å². The number of anilines is 1. The Morgan fingerprint density at radius 1 is 0.944 bits per heavy atom. The molecular formula is C28H28ClN3O3S. The Morgan fingerprint density at radius 3 is 2.31 bits per heavy atom. The van der Waals surface area contributed by atoms with Crippen molar-refractivity contribution < 1.29 is 14.3 Å². The third kappa shape index (κ3) is 5.86. The zero-order chi connectivity index (χ0) is 24.9. The van der Waals surface area contributed by atoms with Crippen LogP contribution in [-0.2, 0) is 22.6 Å². The van der Waals surface area contributed by atoms with Crippen LogP contribution in [0.4, 0.5) is 5.69 Å². The maximum atomic E-state index is 12.7. The Hall–Kier alpha value is -3.00. The molecule has 6 nitrogen and oxygen atoms in total. The summed E-state index contributed by atoms with van der Waals surface area (Å²) in [5, 5.41) is 3.61. The van der Waals surface area contributed by atoms with E-state index in [1.807, 2.05) is 53.4 Å². The number of amides is 2. The van der Waals surface area contributed by atoms with Crippen LogP contribution in [0.2, 0.25) is 5.02 Å². The molecule has 2 aliphatic rings. The third-order valence-corrected chi connectivity index (χ3v) is 7.97. The molecule has 2 saturated heterocycles. The van der Waals surface area contributed by atoms with Crippen molar-refractivity contribution in [2.75, 3.05) is 37.0 Å². The fourth-order valence-corrected chi connectivity index (χ4v) is 5.73. The fourth-order valence-electron chi connectivity index (χ4n) is 4.42. The van der Waals surface area contributed by atoms with Crippen LogP contribution in [0.5, 0.6) is 0 Å². The molecule has 3 aromatic rings. The minimum absolute atomic E-state index is 0.0738. The minimum atomic E-state index is -0.119. The van der Waals surface area contributed by atoms with Crippen LogP contribution in [0, 0.1) is 0 Å². The number of carbonyl (C=O) groups is 2. The van der Waals surface area contributed by atoms with Crippen molar-refractivity contribution in [1.82, 2.24) is 10.2 Å². The first-order valence-corrected chi connectivity index (χ1v) is 13.4. The molecule has 1 atom stereocenters. The molecule has 0 aromatic heterocycles. The summed E-state index contributed by atoms with van der Waals surface area (Å²) in [6.45, 7) is 4.31. The zero-order valence-corrected chi connectivity index (χ0v) is 21.4. The van der Waals surface area contributed by atoms with E-state index in [-0.39, 0.29) is 17.2 Å². The first kappa shape index (κ1) is 24.7. The molecular weight excluding hydrogens is 494 g/mol. The van der Waals surface area contributed by atoms with E-state index in [1.165, 1.54) is 5.69 Å². The standard InChI is InChI=1S/C28H28ClN3O3S/c29-24-9-1-21(2-10-24)18-32-26(33)19-36-28(32)23-7-5-22(6-8-23)27(34)30-17-20-3-11-25(12-4-20)31-13-15-35-16-14-31/h1-12,28H,13-19H2,(H,30,34). The lowest BCUT2D eigenvalue weighted by molar-refractivity contribution is -0.128. The first-order chi connectivity index (χ1) is 17.6. The number of nitrogens with one attached hydrogen (secondary N) is 1. The van der Waals surface area contributed by atoms with Gasteiger partial charge in [-0.3, -0.25) is 9.59 Å². The third-order valence-electron chi connectivity index (χ3n) is 6.46. The van der Waals surface area contributed by atoms with Gasteiger partial charge < -0.3 is 19.9 Å². The highest BCUT2D eigenvalue weighted by molar-refractivity contribution is 8.00. The highest BCUT2D eigenvalue weighted by Gasteiger charge is 2.32. The molecule has 8 heteroatoms. The van der Waals surface area contributed by atoms with Crippen LogP contribution in [-0.4, -0.2) is 48.8 Å². The van der Waals surface area contributed by atoms with Crippen molar-refractivity contribution >= 4 is 40.9 Å². The van der Waals surface area contributed by atoms with Crippen LogP contribution in [0.15, 0.2) is 72.8 Å². The molecule has 36 heavy (non-hydrogen) atoms. The van der Waals surface area contributed by atoms with Gasteiger partial charge in [0.2, 0.25) is 5.91 Å². The average molecular weight is 522 g/mol. The Morgan fingerprint density at radius 2 is 1.61 bits per heavy atom. The molecule has 1 unspecified atom stereocenters. The fraction of sp³-hybridized carbons (Fsp3) is 0.286. The van der Waals surface area contributed by atoms with Crippen LogP contribution >= 0.6 is 23.4 Å². The molecule has 2 heterocycles. The summed E-state index contributed by atoms with van der Waals surface area (Å²) in [7, 11) is 0. The maximum absolute atomic E-state index is 12.7. The SMILES string of the molecule is O=C(NCc1ccc(N2CCOCC2)cc1)c1ccc(C2SCC(=O)N2Cc2ccc(Cl)cc2)cc1. The van der Waals surface area contributed by atoms with Crippen molar-refractivity contribution in [3.63, 3.8) is 0 Å². The van der Waals surface area contributed by atoms with E-state index in [9.17, 15) is 9.59 Å². The molecule has 0 aliphatic carbocycles. The zero-order valence-electron chi connectivity index (χ0n) is 19.9. The van der Waals surface area contributed by atoms with Gasteiger partial charge in [0.05, 0.1) is 19.0 Å². The molecule has 0 bridgehead atoms. The van der Waals surface area contributed by atoms with Gasteiger partial charge >= 0.3 is 0 Å². The Bertz CT molecular complexity index is 1200. The summed E-state index contributed by atoms with van der Waals surface area (Å²) in [6.07, 6.45) is 0. The molecule has 186 valence electrons. The Labute approximate surface area is 220 Å². The average Bonchev–Trinajstić information content (AvgIpc) is 3.29. The molecule has 2 aliphatic heterocycles. The minimum Gasteiger partial charge on any atom is -0.378 e. The van der Waals surface area contributed by atoms with E-state index in [4.69, 9.17) is 16.3 Å². The second-order valence-electron chi connectivity index (χ2n) is 8.88. The van der Waals surface area contributed by atoms with E-state index in [1.54, 1.807) is 11.8 Å². The van der Waals surface area contributed by atoms with Crippen molar-refractivity contribution in [2.24, 2.45) is 0 Å². The molecule has 2 amide bonds. The number of hydrogen-bond donors (Lipinski definition) is 1. The predicted molar refractivity (Wildman–Crippen MR) is 144 cm³/mol. The lowest BCUT2D eigenvalue weighted by Crippen LogP contribution is -2.36. The topological polar surface area (TPSA) is 61.9 Å². The van der Waals surface area contributed by atoms with Gasteiger partial charge in [-0.15, -0.1) is 11.8 Å². The molecule has 5 rings (SSSR count). The number of carbonyl (C=O) groups excluding carboxylic acids is 2. The van der Waals surface area contributed by atoms with Crippen LogP contribution < -0.4 is 10.2 Å². The summed E-state index contributed by atoms with van der Waals surface area (Å²) < 4.78 is 5.41. The molecule has 0 saturated carbocycles. The molecule has 1 N–H and O–H groups in total. The van der Waals surface area contributed by atoms with Gasteiger partial charge in [0.1, 0.15) is 5.37 Å². The highest BCUT2D eigenvalue weighted by atomic mass is 35.5. The van der Waals surface area contributed by atoms with Crippen LogP contribution in [0.3, 0.4) is 0 Å². The van der Waals surface area contributed by atoms with Gasteiger partial charge in [0.25, 0.3) is 5.91 Å². The quantitative estimate of drug-likeness (QED) is 0.480. The number of rotatable bonds is 7. The number of benzene rings is 3. The largest absolute Gasteiger partial charge is 0.378 e. The second-order valence-corrected chi connectivity index (χ2v) is 10.4. The summed E-state index contributed by atoms with van der Waals surface area (Å²) in [5.74, 6) is 0.443. The Kier molecular flexibility index (Phi) is 7.80. The summed E-state index contributed by atoms with van der Waals surface area (Å²) >= 11 is 7.60. The van der Waals surface area contributed by atoms with Crippen molar-refractivity contribution in [3.8, 4) is 0 Å². The van der Waals surface area contributed by atoms with Gasteiger partial charge in [-0.25, -0.2) is 0 Å². The van der Waals surface area contributed by atoms with Crippen LogP contribution in [0.25, 0.3) is 0 Å². The predicted octanol–water partition coefficient (Wildman–Crippen LogP) is 4.88. The van der Waals surface area contributed by atoms with E-state index in [0.29, 0.717) is 29.4 Å². The normalized spacial score (nSPS) is 17.9. The van der Waals surface area contributed by atoms with Crippen LogP contribution in [0.1, 0.15) is 32.4 Å². The number of halogens is 1. The monoisotopic (exact) mass is 521 g/mol. The lowest BCUT2D eigenvalue weighted by atomic mass is 10.1. The van der Waals surface area contributed by atoms with Crippen molar-refractivity contribution in [3.05, 3.63) is 100 Å². The number of thioether (sulfide) groups is 1. The van der Waals surface area contributed by atoms with Gasteiger partial charge in [0, 0.05) is 42.5 Å². The molecule has 3 aromatic carbocycles. The van der Waals surface area contributed by atoms with Crippen molar-refractivity contribution in [2.45, 2.75) is 18.5 Å². The number of ether oxygens (including phenoxy) is 1. The highest BCUT2D eigenvalue weighted by Crippen LogP contribution is 2.39. The van der Waals surface area contributed by atoms with Gasteiger partial charge in [0.15, 0.2) is 0 Å². The molecule has 0 spiro atoms. The second kappa shape index (κ2) is 11.4. The van der Waals surface area contributed by atoms with E-state index >= 15 is 0 Å². The maximum Gasteiger partial charge on any atom is 0.251 e. The number of morpholine rings is 1.